The highest BCUT2D eigenvalue weighted by Gasteiger charge is 2.29. The molecule has 0 saturated carbocycles. The number of halogens is 2. The second-order valence-electron chi connectivity index (χ2n) is 5.68. The minimum Gasteiger partial charge on any atom is -0.361 e. The van der Waals surface area contributed by atoms with Crippen LogP contribution in [0, 0.1) is 19.7 Å². The number of sulfonamides is 1. The first-order valence-electron chi connectivity index (χ1n) is 7.73. The highest BCUT2D eigenvalue weighted by molar-refractivity contribution is 7.93. The summed E-state index contributed by atoms with van der Waals surface area (Å²) in [4.78, 5) is 7.17. The lowest BCUT2D eigenvalue weighted by Gasteiger charge is -2.10. The molecule has 0 atom stereocenters. The molecule has 0 saturated heterocycles. The van der Waals surface area contributed by atoms with E-state index in [1.54, 1.807) is 13.8 Å². The number of nitrogens with zero attached hydrogens (tertiary/aromatic N) is 2. The van der Waals surface area contributed by atoms with Gasteiger partial charge in [0.15, 0.2) is 5.82 Å². The van der Waals surface area contributed by atoms with Crippen LogP contribution in [0.25, 0.3) is 11.5 Å². The summed E-state index contributed by atoms with van der Waals surface area (Å²) in [7, 11) is -4.05. The maximum Gasteiger partial charge on any atom is 0.264 e. The number of nitrogens with one attached hydrogen (secondary N) is 2. The molecule has 3 aromatic rings. The van der Waals surface area contributed by atoms with Crippen LogP contribution in [-0.2, 0) is 16.4 Å². The van der Waals surface area contributed by atoms with Crippen LogP contribution in [0.3, 0.4) is 0 Å². The summed E-state index contributed by atoms with van der Waals surface area (Å²) in [5.41, 5.74) is 1.33. The fraction of sp³-hybridized carbons (Fsp3) is 0.250. The third-order valence-electron chi connectivity index (χ3n) is 3.76. The van der Waals surface area contributed by atoms with Gasteiger partial charge in [0.2, 0.25) is 0 Å². The second kappa shape index (κ2) is 6.73. The van der Waals surface area contributed by atoms with Gasteiger partial charge in [-0.1, -0.05) is 23.7 Å². The van der Waals surface area contributed by atoms with Crippen LogP contribution in [0.1, 0.15) is 24.1 Å². The summed E-state index contributed by atoms with van der Waals surface area (Å²) in [6.45, 7) is 5.19. The molecule has 0 radical (unpaired) electrons. The molecule has 0 aliphatic carbocycles. The number of aromatic amines is 1. The Kier molecular flexibility index (Phi) is 4.76. The van der Waals surface area contributed by atoms with Crippen LogP contribution in [-0.4, -0.2) is 23.5 Å². The minimum absolute atomic E-state index is 0.0262. The van der Waals surface area contributed by atoms with Crippen LogP contribution >= 0.6 is 11.6 Å². The van der Waals surface area contributed by atoms with Crippen molar-refractivity contribution in [2.45, 2.75) is 32.1 Å². The molecule has 0 amide bonds. The minimum atomic E-state index is -4.05. The molecule has 0 unspecified atom stereocenters. The van der Waals surface area contributed by atoms with Gasteiger partial charge < -0.3 is 9.51 Å². The zero-order chi connectivity index (χ0) is 19.1. The van der Waals surface area contributed by atoms with Crippen molar-refractivity contribution in [2.75, 3.05) is 4.72 Å². The number of benzene rings is 1. The van der Waals surface area contributed by atoms with Gasteiger partial charge in [-0.2, -0.15) is 4.98 Å². The molecule has 0 fully saturated rings. The summed E-state index contributed by atoms with van der Waals surface area (Å²) in [6.07, 6.45) is 0.553. The van der Waals surface area contributed by atoms with E-state index >= 15 is 0 Å². The average molecular weight is 399 g/mol. The predicted molar refractivity (Wildman–Crippen MR) is 95.2 cm³/mol. The van der Waals surface area contributed by atoms with Gasteiger partial charge in [-0.3, -0.25) is 4.72 Å². The van der Waals surface area contributed by atoms with E-state index < -0.39 is 15.8 Å². The monoisotopic (exact) mass is 398 g/mol. The van der Waals surface area contributed by atoms with Gasteiger partial charge in [-0.05, 0) is 32.0 Å². The smallest absolute Gasteiger partial charge is 0.264 e. The third kappa shape index (κ3) is 3.32. The molecule has 7 nitrogen and oxygen atoms in total. The van der Waals surface area contributed by atoms with Gasteiger partial charge in [-0.15, -0.1) is 0 Å². The Morgan fingerprint density at radius 2 is 2.04 bits per heavy atom. The molecule has 0 bridgehead atoms. The Hall–Kier alpha value is -2.39. The number of rotatable bonds is 5. The largest absolute Gasteiger partial charge is 0.361 e. The standard InChI is InChI=1S/C16H16ClFN4O3S/c1-4-13-20-16(25-21-13)14-8(2)19-9(3)15(14)26(23,24)22-12-6-5-10(18)7-11(12)17/h5-7,19,22H,4H2,1-3H3. The van der Waals surface area contributed by atoms with Crippen molar-refractivity contribution in [1.82, 2.24) is 15.1 Å². The molecule has 2 N–H and O–H groups in total. The van der Waals surface area contributed by atoms with Crippen molar-refractivity contribution in [2.24, 2.45) is 0 Å². The number of aryl methyl sites for hydroxylation is 3. The van der Waals surface area contributed by atoms with E-state index in [1.165, 1.54) is 6.07 Å². The van der Waals surface area contributed by atoms with E-state index in [2.05, 4.69) is 19.8 Å². The first-order chi connectivity index (χ1) is 12.2. The number of aromatic nitrogens is 3. The molecule has 138 valence electrons. The quantitative estimate of drug-likeness (QED) is 0.680. The SMILES string of the molecule is CCc1noc(-c2c(C)[nH]c(C)c2S(=O)(=O)Nc2ccc(F)cc2Cl)n1. The molecule has 0 spiro atoms. The summed E-state index contributed by atoms with van der Waals surface area (Å²) < 4.78 is 46.7. The van der Waals surface area contributed by atoms with Gasteiger partial charge in [0, 0.05) is 17.8 Å². The molecule has 0 aliphatic heterocycles. The van der Waals surface area contributed by atoms with Crippen LogP contribution in [0.2, 0.25) is 5.02 Å². The maximum absolute atomic E-state index is 13.2. The summed E-state index contributed by atoms with van der Waals surface area (Å²) in [5.74, 6) is 0.00989. The molecule has 2 heterocycles. The Balaban J connectivity index is 2.10. The molecule has 3 rings (SSSR count). The topological polar surface area (TPSA) is 101 Å². The van der Waals surface area contributed by atoms with Crippen molar-refractivity contribution < 1.29 is 17.3 Å². The zero-order valence-electron chi connectivity index (χ0n) is 14.2. The summed E-state index contributed by atoms with van der Waals surface area (Å²) in [6, 6.07) is 3.40. The average Bonchev–Trinajstić information content (AvgIpc) is 3.13. The van der Waals surface area contributed by atoms with E-state index in [0.717, 1.165) is 12.1 Å². The van der Waals surface area contributed by atoms with Crippen molar-refractivity contribution in [3.8, 4) is 11.5 Å². The van der Waals surface area contributed by atoms with E-state index in [-0.39, 0.29) is 21.5 Å². The Labute approximate surface area is 154 Å². The van der Waals surface area contributed by atoms with E-state index in [4.69, 9.17) is 16.1 Å². The van der Waals surface area contributed by atoms with E-state index in [9.17, 15) is 12.8 Å². The summed E-state index contributed by atoms with van der Waals surface area (Å²) >= 11 is 5.93. The van der Waals surface area contributed by atoms with Gasteiger partial charge in [0.05, 0.1) is 16.3 Å². The van der Waals surface area contributed by atoms with Gasteiger partial charge >= 0.3 is 0 Å². The Morgan fingerprint density at radius 3 is 2.65 bits per heavy atom. The zero-order valence-corrected chi connectivity index (χ0v) is 15.8. The van der Waals surface area contributed by atoms with Crippen LogP contribution in [0.15, 0.2) is 27.6 Å². The first-order valence-corrected chi connectivity index (χ1v) is 9.59. The van der Waals surface area contributed by atoms with Crippen LogP contribution < -0.4 is 4.72 Å². The lowest BCUT2D eigenvalue weighted by Crippen LogP contribution is -2.15. The maximum atomic E-state index is 13.2. The molecule has 1 aromatic carbocycles. The van der Waals surface area contributed by atoms with Crippen LogP contribution in [0.5, 0.6) is 0 Å². The van der Waals surface area contributed by atoms with Gasteiger partial charge in [0.25, 0.3) is 15.9 Å². The highest BCUT2D eigenvalue weighted by Crippen LogP contribution is 2.34. The molecule has 2 aromatic heterocycles. The first kappa shape index (κ1) is 18.4. The van der Waals surface area contributed by atoms with Gasteiger partial charge in [-0.25, -0.2) is 12.8 Å². The fourth-order valence-electron chi connectivity index (χ4n) is 2.62. The predicted octanol–water partition coefficient (Wildman–Crippen LogP) is 3.84. The molecular weight excluding hydrogens is 383 g/mol. The van der Waals surface area contributed by atoms with E-state index in [1.807, 2.05) is 6.92 Å². The number of H-pyrrole nitrogens is 1. The molecule has 0 aliphatic rings. The Morgan fingerprint density at radius 1 is 1.31 bits per heavy atom. The van der Waals surface area contributed by atoms with Crippen LogP contribution in [0.4, 0.5) is 10.1 Å². The van der Waals surface area contributed by atoms with Gasteiger partial charge in [0.1, 0.15) is 10.7 Å². The fourth-order valence-corrected chi connectivity index (χ4v) is 4.42. The molecule has 10 heteroatoms. The normalized spacial score (nSPS) is 11.7. The van der Waals surface area contributed by atoms with Crippen molar-refractivity contribution in [3.05, 3.63) is 46.3 Å². The molecule has 26 heavy (non-hydrogen) atoms. The van der Waals surface area contributed by atoms with Crippen molar-refractivity contribution in [1.29, 1.82) is 0 Å². The lowest BCUT2D eigenvalue weighted by atomic mass is 10.2. The number of hydrogen-bond acceptors (Lipinski definition) is 5. The second-order valence-corrected chi connectivity index (χ2v) is 7.70. The Bertz CT molecular complexity index is 1080. The summed E-state index contributed by atoms with van der Waals surface area (Å²) in [5, 5.41) is 3.76. The van der Waals surface area contributed by atoms with E-state index in [0.29, 0.717) is 29.2 Å². The molecular formula is C16H16ClFN4O3S. The van der Waals surface area contributed by atoms with Crippen molar-refractivity contribution in [3.63, 3.8) is 0 Å². The number of anilines is 1. The number of hydrogen-bond donors (Lipinski definition) is 2. The van der Waals surface area contributed by atoms with Crippen molar-refractivity contribution >= 4 is 27.3 Å². The third-order valence-corrected chi connectivity index (χ3v) is 5.61. The highest BCUT2D eigenvalue weighted by atomic mass is 35.5. The lowest BCUT2D eigenvalue weighted by molar-refractivity contribution is 0.422.